The van der Waals surface area contributed by atoms with Gasteiger partial charge in [-0.25, -0.2) is 10.2 Å². The molecule has 0 unspecified atom stereocenters. The first-order chi connectivity index (χ1) is 5.33. The lowest BCUT2D eigenvalue weighted by Gasteiger charge is -1.91. The van der Waals surface area contributed by atoms with E-state index in [1.54, 1.807) is 12.3 Å². The normalized spacial score (nSPS) is 8.00. The predicted octanol–water partition coefficient (Wildman–Crippen LogP) is 2.61. The van der Waals surface area contributed by atoms with Gasteiger partial charge in [0.2, 0.25) is 0 Å². The second-order valence-corrected chi connectivity index (χ2v) is 2.28. The van der Waals surface area contributed by atoms with Crippen LogP contribution >= 0.6 is 23.2 Å². The van der Waals surface area contributed by atoms with Crippen molar-refractivity contribution < 1.29 is 0 Å². The summed E-state index contributed by atoms with van der Waals surface area (Å²) in [4.78, 5) is 3.83. The molecule has 0 saturated carbocycles. The lowest BCUT2D eigenvalue weighted by atomic mass is 10.3. The fraction of sp³-hybridized carbons (Fsp3) is 0.143. The number of nitriles is 1. The van der Waals surface area contributed by atoms with Crippen LogP contribution in [0, 0.1) is 11.8 Å². The van der Waals surface area contributed by atoms with Crippen LogP contribution in [0.5, 0.6) is 0 Å². The zero-order chi connectivity index (χ0) is 8.69. The molecule has 0 N–H and O–H groups in total. The van der Waals surface area contributed by atoms with Crippen LogP contribution in [-0.4, -0.2) is 4.98 Å². The largest absolute Gasteiger partial charge is 0.244 e. The van der Waals surface area contributed by atoms with Gasteiger partial charge in [0.25, 0.3) is 0 Å². The Morgan fingerprint density at radius 1 is 1.45 bits per heavy atom. The molecule has 2 nitrogen and oxygen atoms in total. The summed E-state index contributed by atoms with van der Waals surface area (Å²) in [6.45, 7) is 3.50. The van der Waals surface area contributed by atoms with E-state index in [0.29, 0.717) is 11.0 Å². The first kappa shape index (κ1) is 10.2. The van der Waals surface area contributed by atoms with Crippen molar-refractivity contribution in [2.24, 2.45) is 0 Å². The molecule has 0 aliphatic rings. The van der Waals surface area contributed by atoms with E-state index in [9.17, 15) is 0 Å². The molecule has 0 saturated heterocycles. The summed E-state index contributed by atoms with van der Waals surface area (Å²) < 4.78 is 0. The Labute approximate surface area is 75.4 Å². The maximum atomic E-state index is 6.50. The quantitative estimate of drug-likeness (QED) is 0.502. The average molecular weight is 189 g/mol. The first-order valence-electron chi connectivity index (χ1n) is 2.75. The molecule has 1 aromatic heterocycles. The molecule has 0 aliphatic carbocycles. The maximum absolute atomic E-state index is 6.50. The standard InChI is InChI=1S/C6H5Cl2N.CHN/c7-3-5-1-2-6(8)9-4-5;1-2/h1-2,4H,3H2;1H. The van der Waals surface area contributed by atoms with E-state index in [0.717, 1.165) is 5.56 Å². The Hall–Kier alpha value is -0.780. The smallest absolute Gasteiger partial charge is 0.129 e. The van der Waals surface area contributed by atoms with Gasteiger partial charge in [-0.3, -0.25) is 0 Å². The highest BCUT2D eigenvalue weighted by molar-refractivity contribution is 6.29. The minimum absolute atomic E-state index is 0.490. The summed E-state index contributed by atoms with van der Waals surface area (Å²) in [5.74, 6) is 0.490. The predicted molar refractivity (Wildman–Crippen MR) is 45.5 cm³/mol. The summed E-state index contributed by atoms with van der Waals surface area (Å²) in [7, 11) is 0. The molecule has 0 aromatic carbocycles. The monoisotopic (exact) mass is 188 g/mol. The molecular weight excluding hydrogens is 183 g/mol. The van der Waals surface area contributed by atoms with Gasteiger partial charge in [-0.05, 0) is 11.6 Å². The Morgan fingerprint density at radius 2 is 2.09 bits per heavy atom. The van der Waals surface area contributed by atoms with Crippen molar-refractivity contribution in [3.8, 4) is 6.57 Å². The van der Waals surface area contributed by atoms with Crippen molar-refractivity contribution in [2.45, 2.75) is 5.88 Å². The van der Waals surface area contributed by atoms with Gasteiger partial charge in [-0.2, -0.15) is 0 Å². The Balaban J connectivity index is 0.000000461. The average Bonchev–Trinajstić information content (AvgIpc) is 2.10. The van der Waals surface area contributed by atoms with E-state index in [-0.39, 0.29) is 0 Å². The van der Waals surface area contributed by atoms with E-state index >= 15 is 0 Å². The van der Waals surface area contributed by atoms with Crippen molar-refractivity contribution in [2.75, 3.05) is 0 Å². The number of aromatic nitrogens is 1. The molecule has 0 atom stereocenters. The van der Waals surface area contributed by atoms with Crippen molar-refractivity contribution in [1.29, 1.82) is 5.26 Å². The number of nitrogens with zero attached hydrogens (tertiary/aromatic N) is 2. The number of halogens is 2. The van der Waals surface area contributed by atoms with Gasteiger partial charge in [0.15, 0.2) is 0 Å². The Morgan fingerprint density at radius 3 is 2.45 bits per heavy atom. The molecule has 1 rings (SSSR count). The topological polar surface area (TPSA) is 36.7 Å². The fourth-order valence-corrected chi connectivity index (χ4v) is 0.755. The van der Waals surface area contributed by atoms with Crippen LogP contribution in [0.2, 0.25) is 5.15 Å². The van der Waals surface area contributed by atoms with Gasteiger partial charge in [-0.15, -0.1) is 11.6 Å². The second-order valence-electron chi connectivity index (χ2n) is 1.62. The minimum Gasteiger partial charge on any atom is -0.244 e. The number of hydrogen-bond acceptors (Lipinski definition) is 2. The van der Waals surface area contributed by atoms with Gasteiger partial charge in [0, 0.05) is 18.6 Å². The summed E-state index contributed by atoms with van der Waals surface area (Å²) in [5.41, 5.74) is 0.987. The third kappa shape index (κ3) is 3.82. The number of hydrogen-bond donors (Lipinski definition) is 0. The van der Waals surface area contributed by atoms with Gasteiger partial charge < -0.3 is 0 Å². The van der Waals surface area contributed by atoms with Gasteiger partial charge in [-0.1, -0.05) is 17.7 Å². The molecule has 0 aliphatic heterocycles. The molecule has 1 heterocycles. The highest BCUT2D eigenvalue weighted by Gasteiger charge is 1.88. The number of rotatable bonds is 1. The van der Waals surface area contributed by atoms with Crippen molar-refractivity contribution in [3.05, 3.63) is 29.0 Å². The maximum Gasteiger partial charge on any atom is 0.129 e. The third-order valence-electron chi connectivity index (χ3n) is 0.943. The molecule has 0 spiro atoms. The van der Waals surface area contributed by atoms with Crippen LogP contribution < -0.4 is 0 Å². The van der Waals surface area contributed by atoms with E-state index in [4.69, 9.17) is 28.5 Å². The van der Waals surface area contributed by atoms with Crippen LogP contribution in [0.1, 0.15) is 5.56 Å². The summed E-state index contributed by atoms with van der Waals surface area (Å²) in [6.07, 6.45) is 1.66. The molecule has 11 heavy (non-hydrogen) atoms. The molecule has 0 fully saturated rings. The molecule has 58 valence electrons. The van der Waals surface area contributed by atoms with E-state index in [2.05, 4.69) is 11.6 Å². The van der Waals surface area contributed by atoms with Gasteiger partial charge in [0.1, 0.15) is 5.15 Å². The molecule has 0 bridgehead atoms. The third-order valence-corrected chi connectivity index (χ3v) is 1.48. The van der Waals surface area contributed by atoms with E-state index < -0.39 is 0 Å². The summed E-state index contributed by atoms with van der Waals surface area (Å²) in [5, 5.41) is 7.00. The van der Waals surface area contributed by atoms with Crippen molar-refractivity contribution in [3.63, 3.8) is 0 Å². The molecule has 0 amide bonds. The van der Waals surface area contributed by atoms with Crippen molar-refractivity contribution in [1.82, 2.24) is 4.98 Å². The van der Waals surface area contributed by atoms with Crippen molar-refractivity contribution >= 4 is 23.2 Å². The fourth-order valence-electron chi connectivity index (χ4n) is 0.485. The van der Waals surface area contributed by atoms with Crippen LogP contribution in [-0.2, 0) is 5.88 Å². The SMILES string of the molecule is C#N.ClCc1ccc(Cl)nc1. The van der Waals surface area contributed by atoms with Crippen LogP contribution in [0.25, 0.3) is 0 Å². The Bertz CT molecular complexity index is 218. The lowest BCUT2D eigenvalue weighted by molar-refractivity contribution is 1.25. The second kappa shape index (κ2) is 5.96. The van der Waals surface area contributed by atoms with E-state index in [1.165, 1.54) is 0 Å². The number of pyridine rings is 1. The zero-order valence-corrected chi connectivity index (χ0v) is 7.18. The Kier molecular flexibility index (Phi) is 5.54. The summed E-state index contributed by atoms with van der Waals surface area (Å²) >= 11 is 11.0. The molecule has 0 radical (unpaired) electrons. The molecule has 4 heteroatoms. The highest BCUT2D eigenvalue weighted by Crippen LogP contribution is 2.06. The van der Waals surface area contributed by atoms with Gasteiger partial charge in [0.05, 0.1) is 0 Å². The highest BCUT2D eigenvalue weighted by atomic mass is 35.5. The summed E-state index contributed by atoms with van der Waals surface area (Å²) in [6, 6.07) is 3.57. The zero-order valence-electron chi connectivity index (χ0n) is 5.67. The first-order valence-corrected chi connectivity index (χ1v) is 3.66. The minimum atomic E-state index is 0.490. The molecular formula is C7H6Cl2N2. The lowest BCUT2D eigenvalue weighted by Crippen LogP contribution is -1.78. The van der Waals surface area contributed by atoms with E-state index in [1.807, 2.05) is 6.07 Å². The van der Waals surface area contributed by atoms with Crippen LogP contribution in [0.15, 0.2) is 18.3 Å². The molecule has 1 aromatic rings. The van der Waals surface area contributed by atoms with Gasteiger partial charge >= 0.3 is 0 Å². The van der Waals surface area contributed by atoms with Crippen LogP contribution in [0.3, 0.4) is 0 Å². The number of alkyl halides is 1. The van der Waals surface area contributed by atoms with Crippen LogP contribution in [0.4, 0.5) is 0 Å².